The molecule has 2 amide bonds. The van der Waals surface area contributed by atoms with Gasteiger partial charge in [0.05, 0.1) is 6.54 Å². The second-order valence-electron chi connectivity index (χ2n) is 7.34. The van der Waals surface area contributed by atoms with E-state index in [1.54, 1.807) is 23.1 Å². The van der Waals surface area contributed by atoms with Gasteiger partial charge in [0.25, 0.3) is 0 Å². The van der Waals surface area contributed by atoms with E-state index in [0.29, 0.717) is 60.1 Å². The number of carbonyl (C=O) groups excluding carboxylic acids is 1. The van der Waals surface area contributed by atoms with Crippen molar-refractivity contribution in [1.29, 1.82) is 0 Å². The second kappa shape index (κ2) is 16.2. The van der Waals surface area contributed by atoms with Gasteiger partial charge in [-0.3, -0.25) is 0 Å². The predicted octanol–water partition coefficient (Wildman–Crippen LogP) is 3.31. The molecule has 0 aliphatic heterocycles. The van der Waals surface area contributed by atoms with E-state index in [4.69, 9.17) is 38.2 Å². The summed E-state index contributed by atoms with van der Waals surface area (Å²) in [6.07, 6.45) is 1.12. The van der Waals surface area contributed by atoms with Crippen LogP contribution in [0.2, 0.25) is 10.0 Å². The van der Waals surface area contributed by atoms with Gasteiger partial charge in [-0.15, -0.1) is 0 Å². The number of likely N-dealkylation sites (N-methyl/N-ethyl adjacent to an activating group) is 1. The molecule has 11 heteroatoms. The predicted molar refractivity (Wildman–Crippen MR) is 125 cm³/mol. The number of hydrogen-bond acceptors (Lipinski definition) is 5. The fourth-order valence-electron chi connectivity index (χ4n) is 2.24. The molecule has 0 radical (unpaired) electrons. The van der Waals surface area contributed by atoms with Crippen molar-refractivity contribution in [2.75, 3.05) is 46.9 Å². The Balaban J connectivity index is 0.00000102. The summed E-state index contributed by atoms with van der Waals surface area (Å²) in [5.74, 6) is -1.53. The number of rotatable bonds is 11. The number of ether oxygens (including phenoxy) is 1. The van der Waals surface area contributed by atoms with Crippen LogP contribution in [0, 0.1) is 5.92 Å². The van der Waals surface area contributed by atoms with Crippen molar-refractivity contribution in [3.8, 4) is 5.75 Å². The van der Waals surface area contributed by atoms with Crippen molar-refractivity contribution in [2.45, 2.75) is 13.8 Å². The van der Waals surface area contributed by atoms with Crippen LogP contribution in [0.25, 0.3) is 0 Å². The number of carboxylic acids is 2. The summed E-state index contributed by atoms with van der Waals surface area (Å²) in [5, 5.41) is 19.6. The molecule has 0 heterocycles. The third-order valence-corrected chi connectivity index (χ3v) is 3.98. The summed E-state index contributed by atoms with van der Waals surface area (Å²) in [6, 6.07) is 4.99. The van der Waals surface area contributed by atoms with Crippen LogP contribution in [-0.2, 0) is 9.59 Å². The van der Waals surface area contributed by atoms with E-state index in [0.717, 1.165) is 6.54 Å². The monoisotopic (exact) mass is 491 g/mol. The number of benzene rings is 1. The number of aliphatic carboxylic acids is 2. The van der Waals surface area contributed by atoms with Gasteiger partial charge >= 0.3 is 18.0 Å². The molecule has 0 saturated carbocycles. The zero-order valence-corrected chi connectivity index (χ0v) is 20.2. The largest absolute Gasteiger partial charge is 0.492 e. The number of nitrogens with zero attached hydrogens (tertiary/aromatic N) is 2. The Morgan fingerprint density at radius 1 is 1.03 bits per heavy atom. The van der Waals surface area contributed by atoms with E-state index in [1.165, 1.54) is 0 Å². The zero-order valence-electron chi connectivity index (χ0n) is 18.7. The Hall–Kier alpha value is -2.49. The minimum absolute atomic E-state index is 0.0710. The van der Waals surface area contributed by atoms with E-state index >= 15 is 0 Å². The molecule has 0 unspecified atom stereocenters. The van der Waals surface area contributed by atoms with Gasteiger partial charge in [0.15, 0.2) is 0 Å². The van der Waals surface area contributed by atoms with Gasteiger partial charge < -0.3 is 30.1 Å². The Morgan fingerprint density at radius 3 is 2.00 bits per heavy atom. The van der Waals surface area contributed by atoms with Gasteiger partial charge in [-0.25, -0.2) is 14.4 Å². The molecule has 0 atom stereocenters. The number of carbonyl (C=O) groups is 3. The maximum absolute atomic E-state index is 12.3. The molecule has 0 aromatic heterocycles. The van der Waals surface area contributed by atoms with E-state index in [-0.39, 0.29) is 6.03 Å². The molecule has 1 rings (SSSR count). The van der Waals surface area contributed by atoms with E-state index in [2.05, 4.69) is 19.2 Å². The summed E-state index contributed by atoms with van der Waals surface area (Å²) in [4.78, 5) is 35.2. The van der Waals surface area contributed by atoms with E-state index < -0.39 is 11.9 Å². The van der Waals surface area contributed by atoms with Crippen LogP contribution in [0.3, 0.4) is 0 Å². The lowest BCUT2D eigenvalue weighted by molar-refractivity contribution is -0.134. The van der Waals surface area contributed by atoms with E-state index in [1.807, 2.05) is 19.0 Å². The summed E-state index contributed by atoms with van der Waals surface area (Å²) in [5.41, 5.74) is 0. The maximum Gasteiger partial charge on any atom is 0.328 e. The first-order chi connectivity index (χ1) is 14.9. The molecule has 9 nitrogen and oxygen atoms in total. The van der Waals surface area contributed by atoms with E-state index in [9.17, 15) is 14.4 Å². The number of amides is 2. The van der Waals surface area contributed by atoms with Crippen LogP contribution in [0.5, 0.6) is 5.75 Å². The van der Waals surface area contributed by atoms with Crippen LogP contribution < -0.4 is 10.1 Å². The van der Waals surface area contributed by atoms with Crippen LogP contribution in [-0.4, -0.2) is 84.9 Å². The Kier molecular flexibility index (Phi) is 14.9. The molecule has 0 spiro atoms. The lowest BCUT2D eigenvalue weighted by Gasteiger charge is -2.25. The summed E-state index contributed by atoms with van der Waals surface area (Å²) < 4.78 is 5.67. The molecule has 3 N–H and O–H groups in total. The average Bonchev–Trinajstić information content (AvgIpc) is 2.64. The number of urea groups is 1. The Bertz CT molecular complexity index is 736. The lowest BCUT2D eigenvalue weighted by atomic mass is 10.2. The first-order valence-electron chi connectivity index (χ1n) is 9.81. The van der Waals surface area contributed by atoms with Crippen LogP contribution in [0.4, 0.5) is 4.79 Å². The van der Waals surface area contributed by atoms with Crippen molar-refractivity contribution in [1.82, 2.24) is 15.1 Å². The minimum atomic E-state index is -1.26. The smallest absolute Gasteiger partial charge is 0.328 e. The molecule has 1 aromatic rings. The van der Waals surface area contributed by atoms with Gasteiger partial charge in [-0.05, 0) is 38.2 Å². The SMILES string of the molecule is CC(C)CN(CCOc1cc(Cl)cc(Cl)c1)C(=O)NCCN(C)C.O=C(O)C=CC(=O)O. The van der Waals surface area contributed by atoms with Gasteiger partial charge in [-0.1, -0.05) is 37.0 Å². The quantitative estimate of drug-likeness (QED) is 0.406. The van der Waals surface area contributed by atoms with Crippen LogP contribution in [0.15, 0.2) is 30.4 Å². The zero-order chi connectivity index (χ0) is 24.7. The molecular formula is C21H31Cl2N3O6. The molecule has 0 aliphatic rings. The maximum atomic E-state index is 12.3. The van der Waals surface area contributed by atoms with Gasteiger partial charge in [-0.2, -0.15) is 0 Å². The van der Waals surface area contributed by atoms with Gasteiger partial charge in [0.1, 0.15) is 12.4 Å². The Morgan fingerprint density at radius 2 is 1.56 bits per heavy atom. The van der Waals surface area contributed by atoms with Gasteiger partial charge in [0.2, 0.25) is 0 Å². The molecule has 0 fully saturated rings. The normalized spacial score (nSPS) is 10.6. The third kappa shape index (κ3) is 16.2. The molecule has 0 aliphatic carbocycles. The summed E-state index contributed by atoms with van der Waals surface area (Å²) >= 11 is 11.9. The lowest BCUT2D eigenvalue weighted by Crippen LogP contribution is -2.45. The number of carboxylic acid groups (broad SMARTS) is 2. The number of hydrogen-bond donors (Lipinski definition) is 3. The van der Waals surface area contributed by atoms with Gasteiger partial charge in [0, 0.05) is 41.8 Å². The van der Waals surface area contributed by atoms with Crippen LogP contribution in [0.1, 0.15) is 13.8 Å². The fourth-order valence-corrected chi connectivity index (χ4v) is 2.75. The average molecular weight is 492 g/mol. The Labute approximate surface area is 198 Å². The summed E-state index contributed by atoms with van der Waals surface area (Å²) in [6.45, 7) is 7.13. The molecule has 0 saturated heterocycles. The molecule has 180 valence electrons. The number of nitrogens with one attached hydrogen (secondary N) is 1. The molecule has 1 aromatic carbocycles. The van der Waals surface area contributed by atoms with Crippen LogP contribution >= 0.6 is 23.2 Å². The minimum Gasteiger partial charge on any atom is -0.492 e. The standard InChI is InChI=1S/C17H27Cl2N3O2.C4H4O4/c1-13(2)12-22(17(23)20-5-6-21(3)4)7-8-24-16-10-14(18)9-15(19)11-16;5-3(6)1-2-4(7)8/h9-11,13H,5-8,12H2,1-4H3,(H,20,23);1-2H,(H,5,6)(H,7,8). The molecule has 0 bridgehead atoms. The van der Waals surface area contributed by atoms with Crippen molar-refractivity contribution in [3.63, 3.8) is 0 Å². The van der Waals surface area contributed by atoms with Crippen molar-refractivity contribution in [2.24, 2.45) is 5.92 Å². The molecular weight excluding hydrogens is 461 g/mol. The third-order valence-electron chi connectivity index (χ3n) is 3.54. The van der Waals surface area contributed by atoms with Crippen molar-refractivity contribution in [3.05, 3.63) is 40.4 Å². The highest BCUT2D eigenvalue weighted by atomic mass is 35.5. The number of halogens is 2. The first-order valence-corrected chi connectivity index (χ1v) is 10.6. The fraction of sp³-hybridized carbons (Fsp3) is 0.476. The highest BCUT2D eigenvalue weighted by Crippen LogP contribution is 2.24. The van der Waals surface area contributed by atoms with Crippen molar-refractivity contribution < 1.29 is 29.3 Å². The topological polar surface area (TPSA) is 119 Å². The first kappa shape index (κ1) is 29.5. The molecule has 32 heavy (non-hydrogen) atoms. The highest BCUT2D eigenvalue weighted by molar-refractivity contribution is 6.34. The summed E-state index contributed by atoms with van der Waals surface area (Å²) in [7, 11) is 3.95. The highest BCUT2D eigenvalue weighted by Gasteiger charge is 2.14. The van der Waals surface area contributed by atoms with Crippen molar-refractivity contribution >= 4 is 41.2 Å². The second-order valence-corrected chi connectivity index (χ2v) is 8.21.